The number of rotatable bonds is 2. The number of hydrogen-bond acceptors (Lipinski definition) is 2. The molecule has 0 amide bonds. The van der Waals surface area contributed by atoms with Crippen LogP contribution < -0.4 is 10.5 Å². The molecule has 0 atom stereocenters. The molecule has 0 aromatic heterocycles. The first kappa shape index (κ1) is 10.7. The molecule has 2 nitrogen and oxygen atoms in total. The van der Waals surface area contributed by atoms with E-state index in [1.807, 2.05) is 6.07 Å². The smallest absolute Gasteiger partial charge is 0.120 e. The number of benzene rings is 1. The lowest BCUT2D eigenvalue weighted by Crippen LogP contribution is -2.09. The van der Waals surface area contributed by atoms with E-state index in [2.05, 4.69) is 28.1 Å². The second-order valence-corrected chi connectivity index (χ2v) is 4.46. The van der Waals surface area contributed by atoms with Crippen LogP contribution in [0.4, 0.5) is 0 Å². The summed E-state index contributed by atoms with van der Waals surface area (Å²) < 4.78 is 6.38. The van der Waals surface area contributed by atoms with E-state index in [0.29, 0.717) is 6.54 Å². The van der Waals surface area contributed by atoms with E-state index in [0.717, 1.165) is 23.1 Å². The second-order valence-electron chi connectivity index (χ2n) is 3.61. The van der Waals surface area contributed by atoms with Crippen LogP contribution >= 0.6 is 15.9 Å². The maximum atomic E-state index is 5.74. The average Bonchev–Trinajstić information content (AvgIpc) is 2.28. The van der Waals surface area contributed by atoms with Crippen LogP contribution in [0.3, 0.4) is 0 Å². The Hall–Kier alpha value is -0.800. The highest BCUT2D eigenvalue weighted by molar-refractivity contribution is 9.10. The van der Waals surface area contributed by atoms with Crippen molar-refractivity contribution in [2.45, 2.75) is 12.8 Å². The lowest BCUT2D eigenvalue weighted by molar-refractivity contribution is 0.414. The fourth-order valence-corrected chi connectivity index (χ4v) is 2.60. The van der Waals surface area contributed by atoms with Gasteiger partial charge < -0.3 is 10.5 Å². The molecule has 80 valence electrons. The summed E-state index contributed by atoms with van der Waals surface area (Å²) in [6.07, 6.45) is 4.36. The summed E-state index contributed by atoms with van der Waals surface area (Å²) in [4.78, 5) is 0. The van der Waals surface area contributed by atoms with Crippen molar-refractivity contribution in [1.29, 1.82) is 0 Å². The summed E-state index contributed by atoms with van der Waals surface area (Å²) >= 11 is 3.58. The highest BCUT2D eigenvalue weighted by Crippen LogP contribution is 2.34. The summed E-state index contributed by atoms with van der Waals surface area (Å²) in [5, 5.41) is 0. The minimum Gasteiger partial charge on any atom is -0.497 e. The van der Waals surface area contributed by atoms with Crippen LogP contribution in [0.1, 0.15) is 17.5 Å². The molecule has 0 saturated carbocycles. The van der Waals surface area contributed by atoms with Crippen molar-refractivity contribution in [2.24, 2.45) is 5.73 Å². The third-order valence-corrected chi connectivity index (χ3v) is 3.46. The van der Waals surface area contributed by atoms with Gasteiger partial charge in [-0.1, -0.05) is 22.0 Å². The van der Waals surface area contributed by atoms with Crippen LogP contribution in [0.25, 0.3) is 5.57 Å². The summed E-state index contributed by atoms with van der Waals surface area (Å²) in [5.41, 5.74) is 9.53. The molecule has 3 heteroatoms. The Balaban J connectivity index is 2.56. The molecule has 2 N–H and O–H groups in total. The fraction of sp³-hybridized carbons (Fsp3) is 0.333. The highest BCUT2D eigenvalue weighted by atomic mass is 79.9. The van der Waals surface area contributed by atoms with Gasteiger partial charge in [0.1, 0.15) is 5.75 Å². The van der Waals surface area contributed by atoms with Gasteiger partial charge in [-0.25, -0.2) is 0 Å². The van der Waals surface area contributed by atoms with E-state index < -0.39 is 0 Å². The molecule has 0 aliphatic heterocycles. The predicted molar refractivity (Wildman–Crippen MR) is 66.0 cm³/mol. The van der Waals surface area contributed by atoms with Gasteiger partial charge >= 0.3 is 0 Å². The number of fused-ring (bicyclic) bond motifs is 1. The Morgan fingerprint density at radius 3 is 2.93 bits per heavy atom. The zero-order chi connectivity index (χ0) is 10.8. The third-order valence-electron chi connectivity index (χ3n) is 2.76. The van der Waals surface area contributed by atoms with Gasteiger partial charge in [0.2, 0.25) is 0 Å². The quantitative estimate of drug-likeness (QED) is 0.895. The van der Waals surface area contributed by atoms with E-state index >= 15 is 0 Å². The molecule has 0 spiro atoms. The first-order valence-corrected chi connectivity index (χ1v) is 5.81. The summed E-state index contributed by atoms with van der Waals surface area (Å²) in [6.45, 7) is 0.590. The predicted octanol–water partition coefficient (Wildman–Crippen LogP) is 2.75. The van der Waals surface area contributed by atoms with E-state index in [9.17, 15) is 0 Å². The van der Waals surface area contributed by atoms with Crippen LogP contribution in [0, 0.1) is 0 Å². The van der Waals surface area contributed by atoms with Crippen molar-refractivity contribution in [3.05, 3.63) is 33.8 Å². The first-order chi connectivity index (χ1) is 7.26. The molecule has 0 radical (unpaired) electrons. The van der Waals surface area contributed by atoms with Crippen molar-refractivity contribution >= 4 is 21.5 Å². The van der Waals surface area contributed by atoms with Crippen LogP contribution in [0.2, 0.25) is 0 Å². The van der Waals surface area contributed by atoms with Crippen LogP contribution in [-0.4, -0.2) is 13.7 Å². The lowest BCUT2D eigenvalue weighted by Gasteiger charge is -2.19. The molecule has 0 bridgehead atoms. The number of ether oxygens (including phenoxy) is 1. The van der Waals surface area contributed by atoms with E-state index in [-0.39, 0.29) is 0 Å². The Kier molecular flexibility index (Phi) is 3.12. The van der Waals surface area contributed by atoms with Gasteiger partial charge in [-0.05, 0) is 41.7 Å². The number of nitrogens with two attached hydrogens (primary N) is 1. The zero-order valence-electron chi connectivity index (χ0n) is 8.72. The Labute approximate surface area is 98.2 Å². The molecule has 0 heterocycles. The molecule has 1 aliphatic rings. The average molecular weight is 268 g/mol. The molecule has 0 saturated heterocycles. The van der Waals surface area contributed by atoms with Crippen molar-refractivity contribution in [1.82, 2.24) is 0 Å². The summed E-state index contributed by atoms with van der Waals surface area (Å²) in [6, 6.07) is 4.08. The van der Waals surface area contributed by atoms with E-state index in [1.165, 1.54) is 16.7 Å². The highest BCUT2D eigenvalue weighted by Gasteiger charge is 2.15. The monoisotopic (exact) mass is 267 g/mol. The van der Waals surface area contributed by atoms with E-state index in [1.54, 1.807) is 7.11 Å². The van der Waals surface area contributed by atoms with Gasteiger partial charge in [-0.2, -0.15) is 0 Å². The van der Waals surface area contributed by atoms with Gasteiger partial charge in [0.05, 0.1) is 7.11 Å². The number of halogens is 1. The molecule has 15 heavy (non-hydrogen) atoms. The summed E-state index contributed by atoms with van der Waals surface area (Å²) in [7, 11) is 1.68. The Morgan fingerprint density at radius 2 is 2.27 bits per heavy atom. The van der Waals surface area contributed by atoms with Gasteiger partial charge in [-0.3, -0.25) is 0 Å². The fourth-order valence-electron chi connectivity index (χ4n) is 1.96. The largest absolute Gasteiger partial charge is 0.497 e. The Morgan fingerprint density at radius 1 is 1.47 bits per heavy atom. The number of hydrogen-bond donors (Lipinski definition) is 1. The van der Waals surface area contributed by atoms with Crippen molar-refractivity contribution in [3.8, 4) is 5.75 Å². The topological polar surface area (TPSA) is 35.2 Å². The molecule has 0 fully saturated rings. The maximum Gasteiger partial charge on any atom is 0.120 e. The summed E-state index contributed by atoms with van der Waals surface area (Å²) in [5.74, 6) is 0.877. The van der Waals surface area contributed by atoms with Crippen LogP contribution in [0.15, 0.2) is 22.7 Å². The molecule has 2 rings (SSSR count). The molecule has 1 aromatic carbocycles. The van der Waals surface area contributed by atoms with Gasteiger partial charge in [0, 0.05) is 11.0 Å². The molecular weight excluding hydrogens is 254 g/mol. The maximum absolute atomic E-state index is 5.74. The Bertz CT molecular complexity index is 412. The molecule has 1 aromatic rings. The van der Waals surface area contributed by atoms with Crippen molar-refractivity contribution in [3.63, 3.8) is 0 Å². The minimum atomic E-state index is 0.590. The third kappa shape index (κ3) is 1.94. The van der Waals surface area contributed by atoms with Gasteiger partial charge in [0.25, 0.3) is 0 Å². The van der Waals surface area contributed by atoms with E-state index in [4.69, 9.17) is 10.5 Å². The van der Waals surface area contributed by atoms with Crippen LogP contribution in [-0.2, 0) is 6.42 Å². The normalized spacial score (nSPS) is 14.5. The first-order valence-electron chi connectivity index (χ1n) is 5.02. The molecular formula is C12H14BrNO. The SMILES string of the molecule is COc1cc(Br)c2c(c1)C(CN)=CCC2. The molecule has 1 aliphatic carbocycles. The minimum absolute atomic E-state index is 0.590. The number of methoxy groups -OCH3 is 1. The zero-order valence-corrected chi connectivity index (χ0v) is 10.3. The van der Waals surface area contributed by atoms with Crippen LogP contribution in [0.5, 0.6) is 5.75 Å². The number of allylic oxidation sites excluding steroid dienone is 1. The van der Waals surface area contributed by atoms with Gasteiger partial charge in [-0.15, -0.1) is 0 Å². The standard InChI is InChI=1S/C12H14BrNO/c1-15-9-5-11-8(7-14)3-2-4-10(11)12(13)6-9/h3,5-6H,2,4,7,14H2,1H3. The molecule has 0 unspecified atom stereocenters. The second kappa shape index (κ2) is 4.37. The van der Waals surface area contributed by atoms with Crippen molar-refractivity contribution < 1.29 is 4.74 Å². The van der Waals surface area contributed by atoms with Crippen molar-refractivity contribution in [2.75, 3.05) is 13.7 Å². The van der Waals surface area contributed by atoms with Gasteiger partial charge in [0.15, 0.2) is 0 Å². The lowest BCUT2D eigenvalue weighted by atomic mass is 9.90.